The lowest BCUT2D eigenvalue weighted by Crippen LogP contribution is -2.04. The average molecular weight is 220 g/mol. The Morgan fingerprint density at radius 1 is 0.812 bits per heavy atom. The van der Waals surface area contributed by atoms with Gasteiger partial charge in [0.25, 0.3) is 0 Å². The molecule has 0 saturated carbocycles. The molecule has 0 radical (unpaired) electrons. The lowest BCUT2D eigenvalue weighted by atomic mass is 9.99. The number of benzene rings is 1. The fourth-order valence-electron chi connectivity index (χ4n) is 1.97. The van der Waals surface area contributed by atoms with E-state index < -0.39 is 0 Å². The van der Waals surface area contributed by atoms with Gasteiger partial charge in [-0.05, 0) is 61.9 Å². The van der Waals surface area contributed by atoms with E-state index in [1.807, 2.05) is 0 Å². The summed E-state index contributed by atoms with van der Waals surface area (Å²) in [7, 11) is 0. The smallest absolute Gasteiger partial charge is 0.00367 e. The molecule has 90 valence electrons. The molecule has 0 aliphatic carbocycles. The highest BCUT2D eigenvalue weighted by Gasteiger charge is 2.00. The Morgan fingerprint density at radius 3 is 2.00 bits per heavy atom. The highest BCUT2D eigenvalue weighted by Crippen LogP contribution is 2.14. The molecule has 16 heavy (non-hydrogen) atoms. The third-order valence-electron chi connectivity index (χ3n) is 2.87. The molecule has 0 spiro atoms. The van der Waals surface area contributed by atoms with Crippen LogP contribution in [-0.4, -0.2) is 13.1 Å². The van der Waals surface area contributed by atoms with Gasteiger partial charge in [0, 0.05) is 0 Å². The maximum Gasteiger partial charge on any atom is -0.00367 e. The van der Waals surface area contributed by atoms with Crippen molar-refractivity contribution in [2.75, 3.05) is 13.1 Å². The lowest BCUT2D eigenvalue weighted by molar-refractivity contribution is 0.743. The van der Waals surface area contributed by atoms with E-state index in [9.17, 15) is 0 Å². The molecule has 0 heterocycles. The molecule has 0 bridgehead atoms. The molecular weight excluding hydrogens is 196 g/mol. The van der Waals surface area contributed by atoms with E-state index in [1.54, 1.807) is 0 Å². The molecule has 0 saturated heterocycles. The summed E-state index contributed by atoms with van der Waals surface area (Å²) in [4.78, 5) is 0. The third-order valence-corrected chi connectivity index (χ3v) is 2.87. The fraction of sp³-hybridized carbons (Fsp3) is 0.571. The first-order valence-corrected chi connectivity index (χ1v) is 6.32. The van der Waals surface area contributed by atoms with Gasteiger partial charge in [0.1, 0.15) is 0 Å². The van der Waals surface area contributed by atoms with Gasteiger partial charge < -0.3 is 11.5 Å². The highest BCUT2D eigenvalue weighted by molar-refractivity contribution is 5.30. The van der Waals surface area contributed by atoms with Gasteiger partial charge in [-0.25, -0.2) is 0 Å². The van der Waals surface area contributed by atoms with E-state index in [1.165, 1.54) is 23.1 Å². The topological polar surface area (TPSA) is 52.0 Å². The quantitative estimate of drug-likeness (QED) is 0.691. The molecule has 0 amide bonds. The van der Waals surface area contributed by atoms with Crippen LogP contribution in [-0.2, 0) is 19.3 Å². The van der Waals surface area contributed by atoms with Gasteiger partial charge in [-0.2, -0.15) is 0 Å². The first-order chi connectivity index (χ1) is 7.80. The summed E-state index contributed by atoms with van der Waals surface area (Å²) in [6.07, 6.45) is 5.52. The summed E-state index contributed by atoms with van der Waals surface area (Å²) in [5.74, 6) is 0. The van der Waals surface area contributed by atoms with Gasteiger partial charge in [0.05, 0.1) is 0 Å². The minimum atomic E-state index is 0.732. The zero-order valence-electron chi connectivity index (χ0n) is 10.3. The summed E-state index contributed by atoms with van der Waals surface area (Å²) in [5.41, 5.74) is 15.4. The molecule has 0 aliphatic rings. The van der Waals surface area contributed by atoms with Gasteiger partial charge in [-0.3, -0.25) is 0 Å². The van der Waals surface area contributed by atoms with Crippen molar-refractivity contribution in [3.8, 4) is 0 Å². The second kappa shape index (κ2) is 7.42. The number of rotatable bonds is 7. The molecule has 4 N–H and O–H groups in total. The van der Waals surface area contributed by atoms with Crippen molar-refractivity contribution in [1.82, 2.24) is 0 Å². The van der Waals surface area contributed by atoms with Gasteiger partial charge in [0.2, 0.25) is 0 Å². The summed E-state index contributed by atoms with van der Waals surface area (Å²) < 4.78 is 0. The molecule has 0 unspecified atom stereocenters. The second-order valence-electron chi connectivity index (χ2n) is 4.30. The first-order valence-electron chi connectivity index (χ1n) is 6.32. The molecule has 0 aliphatic heterocycles. The standard InChI is InChI=1S/C14H24N2/c1-2-12-9-13(5-3-4-7-15)11-14(10-12)6-8-16/h9-11H,2-8,15-16H2,1H3. The number of hydrogen-bond donors (Lipinski definition) is 2. The largest absolute Gasteiger partial charge is 0.330 e. The van der Waals surface area contributed by atoms with Gasteiger partial charge in [-0.1, -0.05) is 25.1 Å². The molecule has 1 aromatic carbocycles. The van der Waals surface area contributed by atoms with E-state index in [0.29, 0.717) is 0 Å². The van der Waals surface area contributed by atoms with E-state index >= 15 is 0 Å². The van der Waals surface area contributed by atoms with E-state index in [-0.39, 0.29) is 0 Å². The summed E-state index contributed by atoms with van der Waals surface area (Å²) in [6, 6.07) is 6.89. The summed E-state index contributed by atoms with van der Waals surface area (Å²) >= 11 is 0. The minimum Gasteiger partial charge on any atom is -0.330 e. The van der Waals surface area contributed by atoms with Crippen molar-refractivity contribution in [3.63, 3.8) is 0 Å². The Bertz CT molecular complexity index is 308. The van der Waals surface area contributed by atoms with Crippen molar-refractivity contribution in [1.29, 1.82) is 0 Å². The molecule has 1 aromatic rings. The SMILES string of the molecule is CCc1cc(CCN)cc(CCCCN)c1. The monoisotopic (exact) mass is 220 g/mol. The number of aryl methyl sites for hydroxylation is 2. The van der Waals surface area contributed by atoms with Crippen molar-refractivity contribution >= 4 is 0 Å². The average Bonchev–Trinajstić information content (AvgIpc) is 2.29. The third kappa shape index (κ3) is 4.33. The summed E-state index contributed by atoms with van der Waals surface area (Å²) in [6.45, 7) is 3.73. The molecule has 2 heteroatoms. The normalized spacial score (nSPS) is 10.7. The van der Waals surface area contributed by atoms with Crippen molar-refractivity contribution in [2.45, 2.75) is 39.0 Å². The Balaban J connectivity index is 2.69. The molecule has 0 aromatic heterocycles. The molecule has 0 atom stereocenters. The van der Waals surface area contributed by atoms with Crippen LogP contribution >= 0.6 is 0 Å². The van der Waals surface area contributed by atoms with Crippen LogP contribution in [0.15, 0.2) is 18.2 Å². The maximum atomic E-state index is 5.61. The van der Waals surface area contributed by atoms with Crippen molar-refractivity contribution in [3.05, 3.63) is 34.9 Å². The van der Waals surface area contributed by atoms with Crippen LogP contribution in [0.25, 0.3) is 0 Å². The van der Waals surface area contributed by atoms with Crippen LogP contribution in [0.1, 0.15) is 36.5 Å². The van der Waals surface area contributed by atoms with Crippen LogP contribution in [0.5, 0.6) is 0 Å². The molecule has 2 nitrogen and oxygen atoms in total. The van der Waals surface area contributed by atoms with Crippen molar-refractivity contribution < 1.29 is 0 Å². The zero-order chi connectivity index (χ0) is 11.8. The number of nitrogens with two attached hydrogens (primary N) is 2. The highest BCUT2D eigenvalue weighted by atomic mass is 14.5. The summed E-state index contributed by atoms with van der Waals surface area (Å²) in [5, 5.41) is 0. The molecule has 1 rings (SSSR count). The van der Waals surface area contributed by atoms with E-state index in [4.69, 9.17) is 11.5 Å². The van der Waals surface area contributed by atoms with E-state index in [0.717, 1.165) is 38.8 Å². The van der Waals surface area contributed by atoms with Gasteiger partial charge in [0.15, 0.2) is 0 Å². The Labute approximate surface area is 99.0 Å². The zero-order valence-corrected chi connectivity index (χ0v) is 10.3. The van der Waals surface area contributed by atoms with Gasteiger partial charge in [-0.15, -0.1) is 0 Å². The Kier molecular flexibility index (Phi) is 6.12. The maximum absolute atomic E-state index is 5.61. The lowest BCUT2D eigenvalue weighted by Gasteiger charge is -2.08. The molecular formula is C14H24N2. The predicted molar refractivity (Wildman–Crippen MR) is 70.6 cm³/mol. The van der Waals surface area contributed by atoms with Crippen molar-refractivity contribution in [2.24, 2.45) is 11.5 Å². The van der Waals surface area contributed by atoms with Gasteiger partial charge >= 0.3 is 0 Å². The Hall–Kier alpha value is -0.860. The predicted octanol–water partition coefficient (Wildman–Crippen LogP) is 2.03. The number of unbranched alkanes of at least 4 members (excludes halogenated alkanes) is 1. The first kappa shape index (κ1) is 13.2. The number of hydrogen-bond acceptors (Lipinski definition) is 2. The second-order valence-corrected chi connectivity index (χ2v) is 4.30. The van der Waals surface area contributed by atoms with Crippen LogP contribution in [0.4, 0.5) is 0 Å². The Morgan fingerprint density at radius 2 is 1.44 bits per heavy atom. The fourth-order valence-corrected chi connectivity index (χ4v) is 1.97. The van der Waals surface area contributed by atoms with E-state index in [2.05, 4.69) is 25.1 Å². The van der Waals surface area contributed by atoms with Crippen LogP contribution in [0.3, 0.4) is 0 Å². The minimum absolute atomic E-state index is 0.732. The van der Waals surface area contributed by atoms with Crippen LogP contribution < -0.4 is 11.5 Å². The van der Waals surface area contributed by atoms with Crippen LogP contribution in [0.2, 0.25) is 0 Å². The van der Waals surface area contributed by atoms with Crippen LogP contribution in [0, 0.1) is 0 Å². The molecule has 0 fully saturated rings.